The van der Waals surface area contributed by atoms with Gasteiger partial charge in [0.05, 0.1) is 17.7 Å². The zero-order chi connectivity index (χ0) is 12.1. The molecular weight excluding hydrogens is 230 g/mol. The lowest BCUT2D eigenvalue weighted by Crippen LogP contribution is -2.18. The fourth-order valence-electron chi connectivity index (χ4n) is 1.80. The van der Waals surface area contributed by atoms with Crippen molar-refractivity contribution in [2.24, 2.45) is 0 Å². The number of hydrogen-bond acceptors (Lipinski definition) is 3. The van der Waals surface area contributed by atoms with Gasteiger partial charge in [-0.3, -0.25) is 0 Å². The van der Waals surface area contributed by atoms with Gasteiger partial charge in [0.15, 0.2) is 0 Å². The number of aromatic nitrogens is 2. The average molecular weight is 249 g/mol. The van der Waals surface area contributed by atoms with E-state index in [1.54, 1.807) is 11.3 Å². The predicted octanol–water partition coefficient (Wildman–Crippen LogP) is 3.05. The summed E-state index contributed by atoms with van der Waals surface area (Å²) in [5, 5.41) is 5.59. The second-order valence-electron chi connectivity index (χ2n) is 4.27. The molecule has 0 fully saturated rings. The number of nitrogens with zero attached hydrogens (tertiary/aromatic N) is 2. The van der Waals surface area contributed by atoms with Crippen LogP contribution >= 0.6 is 11.3 Å². The van der Waals surface area contributed by atoms with Gasteiger partial charge in [-0.2, -0.15) is 0 Å². The molecule has 2 aromatic rings. The third kappa shape index (κ3) is 3.41. The molecule has 0 spiro atoms. The van der Waals surface area contributed by atoms with Gasteiger partial charge in [-0.15, -0.1) is 11.3 Å². The van der Waals surface area contributed by atoms with E-state index >= 15 is 0 Å². The van der Waals surface area contributed by atoms with E-state index in [-0.39, 0.29) is 0 Å². The van der Waals surface area contributed by atoms with E-state index < -0.39 is 0 Å². The summed E-state index contributed by atoms with van der Waals surface area (Å²) < 4.78 is 2.19. The smallest absolute Gasteiger partial charge is 0.0795 e. The van der Waals surface area contributed by atoms with Gasteiger partial charge in [-0.05, 0) is 31.5 Å². The monoisotopic (exact) mass is 249 g/mol. The molecule has 1 unspecified atom stereocenters. The summed E-state index contributed by atoms with van der Waals surface area (Å²) in [6, 6.07) is 2.60. The molecule has 0 saturated carbocycles. The fourth-order valence-corrected chi connectivity index (χ4v) is 2.34. The van der Waals surface area contributed by atoms with E-state index in [9.17, 15) is 0 Å². The minimum absolute atomic E-state index is 0.423. The molecule has 0 bridgehead atoms. The highest BCUT2D eigenvalue weighted by Gasteiger charge is 2.06. The van der Waals surface area contributed by atoms with Crippen molar-refractivity contribution >= 4 is 11.3 Å². The summed E-state index contributed by atoms with van der Waals surface area (Å²) in [5.74, 6) is 0. The summed E-state index contributed by atoms with van der Waals surface area (Å²) in [6.45, 7) is 6.33. The molecule has 0 aliphatic carbocycles. The van der Waals surface area contributed by atoms with Crippen LogP contribution in [0, 0.1) is 0 Å². The van der Waals surface area contributed by atoms with Gasteiger partial charge in [0.1, 0.15) is 0 Å². The van der Waals surface area contributed by atoms with Crippen LogP contribution in [0.3, 0.4) is 0 Å². The van der Waals surface area contributed by atoms with Crippen LogP contribution in [0.25, 0.3) is 0 Å². The molecule has 0 aliphatic rings. The van der Waals surface area contributed by atoms with Crippen molar-refractivity contribution in [1.82, 2.24) is 14.9 Å². The maximum Gasteiger partial charge on any atom is 0.0795 e. The molecule has 2 heterocycles. The molecule has 4 heteroatoms. The summed E-state index contributed by atoms with van der Waals surface area (Å²) >= 11 is 1.65. The molecule has 0 saturated heterocycles. The van der Waals surface area contributed by atoms with Crippen LogP contribution in [-0.2, 0) is 6.54 Å². The van der Waals surface area contributed by atoms with Crippen LogP contribution in [0.4, 0.5) is 0 Å². The molecule has 0 aromatic carbocycles. The van der Waals surface area contributed by atoms with Crippen LogP contribution in [0.15, 0.2) is 29.4 Å². The standard InChI is InChI=1S/C13H19N3S/c1-3-5-14-11(2)12-4-6-16(7-12)8-13-9-17-10-15-13/h4,6-7,9-11,14H,3,5,8H2,1-2H3. The Morgan fingerprint density at radius 2 is 2.41 bits per heavy atom. The zero-order valence-corrected chi connectivity index (χ0v) is 11.2. The van der Waals surface area contributed by atoms with Gasteiger partial charge in [-0.1, -0.05) is 6.92 Å². The SMILES string of the molecule is CCCNC(C)c1ccn(Cc2cscn2)c1. The van der Waals surface area contributed by atoms with Crippen LogP contribution < -0.4 is 5.32 Å². The van der Waals surface area contributed by atoms with Gasteiger partial charge in [0.2, 0.25) is 0 Å². The van der Waals surface area contributed by atoms with Crippen molar-refractivity contribution in [1.29, 1.82) is 0 Å². The van der Waals surface area contributed by atoms with Crippen molar-refractivity contribution in [3.8, 4) is 0 Å². The molecule has 2 rings (SSSR count). The van der Waals surface area contributed by atoms with E-state index in [1.807, 2.05) is 5.51 Å². The van der Waals surface area contributed by atoms with Crippen molar-refractivity contribution in [3.63, 3.8) is 0 Å². The Balaban J connectivity index is 1.95. The largest absolute Gasteiger partial charge is 0.348 e. The lowest BCUT2D eigenvalue weighted by molar-refractivity contribution is 0.569. The Morgan fingerprint density at radius 1 is 1.53 bits per heavy atom. The highest BCUT2D eigenvalue weighted by molar-refractivity contribution is 7.07. The summed E-state index contributed by atoms with van der Waals surface area (Å²) in [7, 11) is 0. The normalized spacial score (nSPS) is 12.8. The summed E-state index contributed by atoms with van der Waals surface area (Å²) in [6.07, 6.45) is 5.50. The zero-order valence-electron chi connectivity index (χ0n) is 10.4. The summed E-state index contributed by atoms with van der Waals surface area (Å²) in [4.78, 5) is 4.30. The van der Waals surface area contributed by atoms with Gasteiger partial charge in [-0.25, -0.2) is 4.98 Å². The van der Waals surface area contributed by atoms with Crippen molar-refractivity contribution in [2.45, 2.75) is 32.9 Å². The van der Waals surface area contributed by atoms with Crippen LogP contribution in [0.1, 0.15) is 37.6 Å². The molecule has 0 aliphatic heterocycles. The first-order chi connectivity index (χ1) is 8.29. The molecule has 0 amide bonds. The lowest BCUT2D eigenvalue weighted by atomic mass is 10.2. The molecular formula is C13H19N3S. The lowest BCUT2D eigenvalue weighted by Gasteiger charge is -2.11. The quantitative estimate of drug-likeness (QED) is 0.852. The van der Waals surface area contributed by atoms with Crippen LogP contribution in [0.2, 0.25) is 0 Å². The van der Waals surface area contributed by atoms with E-state index in [0.717, 1.165) is 18.8 Å². The summed E-state index contributed by atoms with van der Waals surface area (Å²) in [5.41, 5.74) is 4.35. The molecule has 17 heavy (non-hydrogen) atoms. The van der Waals surface area contributed by atoms with Gasteiger partial charge >= 0.3 is 0 Å². The third-order valence-electron chi connectivity index (χ3n) is 2.80. The first-order valence-electron chi connectivity index (χ1n) is 6.05. The predicted molar refractivity (Wildman–Crippen MR) is 72.4 cm³/mol. The van der Waals surface area contributed by atoms with Gasteiger partial charge in [0.25, 0.3) is 0 Å². The van der Waals surface area contributed by atoms with Crippen LogP contribution in [-0.4, -0.2) is 16.1 Å². The molecule has 2 aromatic heterocycles. The first-order valence-corrected chi connectivity index (χ1v) is 7.00. The van der Waals surface area contributed by atoms with Crippen molar-refractivity contribution < 1.29 is 0 Å². The topological polar surface area (TPSA) is 29.9 Å². The minimum atomic E-state index is 0.423. The maximum atomic E-state index is 4.30. The minimum Gasteiger partial charge on any atom is -0.348 e. The second-order valence-corrected chi connectivity index (χ2v) is 4.99. The Hall–Kier alpha value is -1.13. The Kier molecular flexibility index (Phi) is 4.34. The average Bonchev–Trinajstić information content (AvgIpc) is 2.98. The first kappa shape index (κ1) is 12.3. The Labute approximate surface area is 107 Å². The molecule has 1 atom stereocenters. The van der Waals surface area contributed by atoms with E-state index in [0.29, 0.717) is 6.04 Å². The van der Waals surface area contributed by atoms with E-state index in [1.165, 1.54) is 12.0 Å². The highest BCUT2D eigenvalue weighted by Crippen LogP contribution is 2.14. The molecule has 3 nitrogen and oxygen atoms in total. The van der Waals surface area contributed by atoms with Gasteiger partial charge < -0.3 is 9.88 Å². The second kappa shape index (κ2) is 5.98. The molecule has 92 valence electrons. The number of hydrogen-bond donors (Lipinski definition) is 1. The Bertz CT molecular complexity index is 433. The maximum absolute atomic E-state index is 4.30. The molecule has 0 radical (unpaired) electrons. The third-order valence-corrected chi connectivity index (χ3v) is 3.44. The number of nitrogens with one attached hydrogen (secondary N) is 1. The number of rotatable bonds is 6. The van der Waals surface area contributed by atoms with E-state index in [2.05, 4.69) is 52.6 Å². The highest BCUT2D eigenvalue weighted by atomic mass is 32.1. The molecule has 1 N–H and O–H groups in total. The van der Waals surface area contributed by atoms with Crippen LogP contribution in [0.5, 0.6) is 0 Å². The van der Waals surface area contributed by atoms with Crippen molar-refractivity contribution in [2.75, 3.05) is 6.54 Å². The van der Waals surface area contributed by atoms with E-state index in [4.69, 9.17) is 0 Å². The Morgan fingerprint density at radius 3 is 3.12 bits per heavy atom. The fraction of sp³-hybridized carbons (Fsp3) is 0.462. The van der Waals surface area contributed by atoms with Crippen molar-refractivity contribution in [3.05, 3.63) is 40.6 Å². The number of thiazole rings is 1. The van der Waals surface area contributed by atoms with Gasteiger partial charge in [0, 0.05) is 23.8 Å².